The molecule has 1 amide bonds. The van der Waals surface area contributed by atoms with Crippen molar-refractivity contribution in [2.75, 3.05) is 24.3 Å². The maximum Gasteiger partial charge on any atom is 0.338 e. The van der Waals surface area contributed by atoms with Gasteiger partial charge in [-0.2, -0.15) is 0 Å². The molecule has 1 aromatic heterocycles. The molecule has 1 aliphatic rings. The molecule has 7 nitrogen and oxygen atoms in total. The van der Waals surface area contributed by atoms with Crippen molar-refractivity contribution in [1.29, 1.82) is 0 Å². The number of hydrogen-bond donors (Lipinski definition) is 1. The van der Waals surface area contributed by atoms with Crippen LogP contribution in [0.3, 0.4) is 0 Å². The summed E-state index contributed by atoms with van der Waals surface area (Å²) >= 11 is 1.42. The second-order valence-electron chi connectivity index (χ2n) is 7.36. The van der Waals surface area contributed by atoms with Crippen molar-refractivity contribution < 1.29 is 19.1 Å². The molecule has 1 saturated heterocycles. The van der Waals surface area contributed by atoms with E-state index in [-0.39, 0.29) is 23.7 Å². The fraction of sp³-hybridized carbons (Fsp3) is 0.500. The molecule has 1 aliphatic heterocycles. The average Bonchev–Trinajstić information content (AvgIpc) is 3.35. The summed E-state index contributed by atoms with van der Waals surface area (Å²) in [5.74, 6) is -0.223. The first kappa shape index (κ1) is 22.4. The summed E-state index contributed by atoms with van der Waals surface area (Å²) in [6.07, 6.45) is 3.15. The summed E-state index contributed by atoms with van der Waals surface area (Å²) < 4.78 is 13.0. The Labute approximate surface area is 181 Å². The highest BCUT2D eigenvalue weighted by molar-refractivity contribution is 7.99. The van der Waals surface area contributed by atoms with Gasteiger partial charge in [0.25, 0.3) is 0 Å². The number of hydrogen-bond acceptors (Lipinski definition) is 6. The molecule has 0 bridgehead atoms. The first-order valence-corrected chi connectivity index (χ1v) is 11.3. The molecule has 1 aromatic carbocycles. The van der Waals surface area contributed by atoms with Crippen LogP contribution in [0.2, 0.25) is 0 Å². The van der Waals surface area contributed by atoms with Crippen molar-refractivity contribution in [2.24, 2.45) is 0 Å². The van der Waals surface area contributed by atoms with E-state index in [0.717, 1.165) is 49.0 Å². The van der Waals surface area contributed by atoms with Crippen LogP contribution in [0.1, 0.15) is 47.9 Å². The minimum absolute atomic E-state index is 0.122. The number of esters is 1. The highest BCUT2D eigenvalue weighted by Gasteiger charge is 2.20. The fourth-order valence-electron chi connectivity index (χ4n) is 3.24. The molecule has 0 saturated carbocycles. The first-order valence-electron chi connectivity index (χ1n) is 10.3. The van der Waals surface area contributed by atoms with Gasteiger partial charge >= 0.3 is 5.97 Å². The van der Waals surface area contributed by atoms with Gasteiger partial charge in [0.05, 0.1) is 36.3 Å². The summed E-state index contributed by atoms with van der Waals surface area (Å²) in [5.41, 5.74) is 3.20. The van der Waals surface area contributed by atoms with Crippen LogP contribution in [0, 0.1) is 13.8 Å². The van der Waals surface area contributed by atoms with Crippen molar-refractivity contribution >= 4 is 29.3 Å². The van der Waals surface area contributed by atoms with Gasteiger partial charge in [-0.05, 0) is 57.4 Å². The van der Waals surface area contributed by atoms with E-state index in [2.05, 4.69) is 21.8 Å². The van der Waals surface area contributed by atoms with E-state index in [1.807, 2.05) is 13.8 Å². The number of amides is 1. The number of benzene rings is 1. The van der Waals surface area contributed by atoms with Gasteiger partial charge in [0.1, 0.15) is 0 Å². The van der Waals surface area contributed by atoms with Crippen LogP contribution < -0.4 is 5.32 Å². The highest BCUT2D eigenvalue weighted by atomic mass is 32.2. The van der Waals surface area contributed by atoms with Crippen LogP contribution in [-0.4, -0.2) is 46.5 Å². The molecule has 3 rings (SSSR count). The third-order valence-corrected chi connectivity index (χ3v) is 5.98. The third kappa shape index (κ3) is 5.86. The number of thioether (sulfide) groups is 1. The lowest BCUT2D eigenvalue weighted by atomic mass is 10.2. The van der Waals surface area contributed by atoms with Crippen molar-refractivity contribution in [3.8, 4) is 0 Å². The van der Waals surface area contributed by atoms with E-state index in [4.69, 9.17) is 9.47 Å². The second-order valence-corrected chi connectivity index (χ2v) is 8.30. The van der Waals surface area contributed by atoms with Crippen molar-refractivity contribution in [2.45, 2.75) is 57.8 Å². The number of ether oxygens (including phenoxy) is 2. The third-order valence-electron chi connectivity index (χ3n) is 5.01. The lowest BCUT2D eigenvalue weighted by Gasteiger charge is -2.14. The predicted molar refractivity (Wildman–Crippen MR) is 117 cm³/mol. The Hall–Kier alpha value is -2.32. The molecule has 0 spiro atoms. The Bertz CT molecular complexity index is 873. The maximum absolute atomic E-state index is 12.4. The summed E-state index contributed by atoms with van der Waals surface area (Å²) in [4.78, 5) is 28.9. The van der Waals surface area contributed by atoms with Crippen molar-refractivity contribution in [1.82, 2.24) is 9.55 Å². The molecule has 2 aromatic rings. The molecular weight excluding hydrogens is 402 g/mol. The van der Waals surface area contributed by atoms with E-state index < -0.39 is 0 Å². The molecule has 8 heteroatoms. The summed E-state index contributed by atoms with van der Waals surface area (Å²) in [6.45, 7) is 7.97. The number of nitrogens with zero attached hydrogens (tertiary/aromatic N) is 2. The standard InChI is InChI=1S/C22H29N3O4S/c1-4-11-29-21(27)17-7-9-18(10-8-17)24-20(26)14-30-22-23-15(2)16(3)25(22)13-19-6-5-12-28-19/h7-10,19H,4-6,11-14H2,1-3H3,(H,24,26)/t19-/m1/s1. The van der Waals surface area contributed by atoms with Crippen LogP contribution in [0.25, 0.3) is 0 Å². The van der Waals surface area contributed by atoms with Gasteiger partial charge in [-0.15, -0.1) is 0 Å². The summed E-state index contributed by atoms with van der Waals surface area (Å²) in [7, 11) is 0. The zero-order chi connectivity index (χ0) is 21.5. The Morgan fingerprint density at radius 1 is 1.30 bits per heavy atom. The van der Waals surface area contributed by atoms with E-state index in [9.17, 15) is 9.59 Å². The van der Waals surface area contributed by atoms with E-state index in [0.29, 0.717) is 17.9 Å². The SMILES string of the molecule is CCCOC(=O)c1ccc(NC(=O)CSc2nc(C)c(C)n2C[C@H]2CCCO2)cc1. The molecule has 2 heterocycles. The molecule has 30 heavy (non-hydrogen) atoms. The first-order chi connectivity index (χ1) is 14.5. The van der Waals surface area contributed by atoms with Crippen molar-refractivity contribution in [3.63, 3.8) is 0 Å². The van der Waals surface area contributed by atoms with Crippen LogP contribution in [0.15, 0.2) is 29.4 Å². The quantitative estimate of drug-likeness (QED) is 0.478. The average molecular weight is 432 g/mol. The smallest absolute Gasteiger partial charge is 0.338 e. The molecule has 0 radical (unpaired) electrons. The van der Waals surface area contributed by atoms with Gasteiger partial charge in [0.15, 0.2) is 5.16 Å². The highest BCUT2D eigenvalue weighted by Crippen LogP contribution is 2.24. The lowest BCUT2D eigenvalue weighted by Crippen LogP contribution is -2.18. The zero-order valence-electron chi connectivity index (χ0n) is 17.8. The second kappa shape index (κ2) is 10.6. The van der Waals surface area contributed by atoms with Crippen LogP contribution in [0.5, 0.6) is 0 Å². The number of nitrogens with one attached hydrogen (secondary N) is 1. The van der Waals surface area contributed by atoms with Gasteiger partial charge in [-0.3, -0.25) is 4.79 Å². The van der Waals surface area contributed by atoms with E-state index >= 15 is 0 Å². The van der Waals surface area contributed by atoms with Gasteiger partial charge in [0, 0.05) is 18.0 Å². The number of aromatic nitrogens is 2. The minimum Gasteiger partial charge on any atom is -0.462 e. The largest absolute Gasteiger partial charge is 0.462 e. The monoisotopic (exact) mass is 431 g/mol. The summed E-state index contributed by atoms with van der Waals surface area (Å²) in [6, 6.07) is 6.72. The van der Waals surface area contributed by atoms with Crippen LogP contribution in [-0.2, 0) is 20.8 Å². The molecule has 0 unspecified atom stereocenters. The number of anilines is 1. The normalized spacial score (nSPS) is 15.9. The maximum atomic E-state index is 12.4. The molecule has 1 fully saturated rings. The zero-order valence-corrected chi connectivity index (χ0v) is 18.6. The number of carbonyl (C=O) groups excluding carboxylic acids is 2. The van der Waals surface area contributed by atoms with Gasteiger partial charge in [0.2, 0.25) is 5.91 Å². The molecule has 1 N–H and O–H groups in total. The van der Waals surface area contributed by atoms with Gasteiger partial charge in [-0.1, -0.05) is 18.7 Å². The number of aryl methyl sites for hydroxylation is 1. The number of carbonyl (C=O) groups is 2. The Morgan fingerprint density at radius 2 is 2.07 bits per heavy atom. The molecule has 162 valence electrons. The van der Waals surface area contributed by atoms with E-state index in [1.165, 1.54) is 11.8 Å². The minimum atomic E-state index is -0.353. The molecule has 1 atom stereocenters. The molecular formula is C22H29N3O4S. The number of rotatable bonds is 9. The fourth-order valence-corrected chi connectivity index (χ4v) is 4.14. The van der Waals surface area contributed by atoms with Crippen LogP contribution in [0.4, 0.5) is 5.69 Å². The Balaban J connectivity index is 1.54. The number of imidazole rings is 1. The van der Waals surface area contributed by atoms with Crippen LogP contribution >= 0.6 is 11.8 Å². The Morgan fingerprint density at radius 3 is 2.73 bits per heavy atom. The van der Waals surface area contributed by atoms with Crippen molar-refractivity contribution in [3.05, 3.63) is 41.2 Å². The van der Waals surface area contributed by atoms with Gasteiger partial charge in [-0.25, -0.2) is 9.78 Å². The Kier molecular flexibility index (Phi) is 7.93. The summed E-state index contributed by atoms with van der Waals surface area (Å²) in [5, 5.41) is 3.70. The topological polar surface area (TPSA) is 82.5 Å². The van der Waals surface area contributed by atoms with Gasteiger partial charge < -0.3 is 19.4 Å². The predicted octanol–water partition coefficient (Wildman–Crippen LogP) is 3.98. The molecule has 0 aliphatic carbocycles. The van der Waals surface area contributed by atoms with E-state index in [1.54, 1.807) is 24.3 Å². The lowest BCUT2D eigenvalue weighted by molar-refractivity contribution is -0.113.